The predicted molar refractivity (Wildman–Crippen MR) is 75.6 cm³/mol. The summed E-state index contributed by atoms with van der Waals surface area (Å²) in [7, 11) is 4.13. The molecule has 1 amide bonds. The Kier molecular flexibility index (Phi) is 6.65. The molecule has 2 N–H and O–H groups in total. The van der Waals surface area contributed by atoms with Crippen LogP contribution in [0.1, 0.15) is 39.5 Å². The molecule has 0 spiro atoms. The fourth-order valence-electron chi connectivity index (χ4n) is 2.66. The molecule has 0 saturated heterocycles. The number of nitrogens with zero attached hydrogens (tertiary/aromatic N) is 1. The SMILES string of the molecule is CC(C)C(CNC(=O)CNC1CCCC1)N(C)C. The summed E-state index contributed by atoms with van der Waals surface area (Å²) in [6.07, 6.45) is 5.05. The van der Waals surface area contributed by atoms with Crippen LogP contribution in [0, 0.1) is 5.92 Å². The average molecular weight is 255 g/mol. The van der Waals surface area contributed by atoms with Crippen LogP contribution in [0.5, 0.6) is 0 Å². The van der Waals surface area contributed by atoms with E-state index in [0.29, 0.717) is 24.5 Å². The molecule has 1 atom stereocenters. The summed E-state index contributed by atoms with van der Waals surface area (Å²) in [5.41, 5.74) is 0. The number of carbonyl (C=O) groups excluding carboxylic acids is 1. The molecule has 106 valence electrons. The first-order valence-electron chi connectivity index (χ1n) is 7.17. The highest BCUT2D eigenvalue weighted by atomic mass is 16.1. The Bertz CT molecular complexity index is 239. The van der Waals surface area contributed by atoms with E-state index in [2.05, 4.69) is 43.5 Å². The monoisotopic (exact) mass is 255 g/mol. The van der Waals surface area contributed by atoms with Crippen LogP contribution in [0.25, 0.3) is 0 Å². The molecular formula is C14H29N3O. The molecule has 0 aromatic carbocycles. The third-order valence-electron chi connectivity index (χ3n) is 3.85. The van der Waals surface area contributed by atoms with E-state index >= 15 is 0 Å². The van der Waals surface area contributed by atoms with Crippen molar-refractivity contribution in [3.63, 3.8) is 0 Å². The lowest BCUT2D eigenvalue weighted by Gasteiger charge is -2.28. The smallest absolute Gasteiger partial charge is 0.234 e. The van der Waals surface area contributed by atoms with Gasteiger partial charge in [-0.05, 0) is 32.9 Å². The van der Waals surface area contributed by atoms with Crippen molar-refractivity contribution in [2.45, 2.75) is 51.6 Å². The van der Waals surface area contributed by atoms with Gasteiger partial charge in [-0.1, -0.05) is 26.7 Å². The molecule has 0 aromatic rings. The van der Waals surface area contributed by atoms with Crippen LogP contribution in [0.4, 0.5) is 0 Å². The van der Waals surface area contributed by atoms with Crippen LogP contribution in [0.2, 0.25) is 0 Å². The van der Waals surface area contributed by atoms with Gasteiger partial charge in [0, 0.05) is 18.6 Å². The first kappa shape index (κ1) is 15.4. The van der Waals surface area contributed by atoms with Crippen molar-refractivity contribution in [1.82, 2.24) is 15.5 Å². The Morgan fingerprint density at radius 2 is 1.89 bits per heavy atom. The van der Waals surface area contributed by atoms with Crippen molar-refractivity contribution in [2.24, 2.45) is 5.92 Å². The van der Waals surface area contributed by atoms with Crippen molar-refractivity contribution < 1.29 is 4.79 Å². The van der Waals surface area contributed by atoms with Gasteiger partial charge in [0.1, 0.15) is 0 Å². The predicted octanol–water partition coefficient (Wildman–Crippen LogP) is 1.22. The summed E-state index contributed by atoms with van der Waals surface area (Å²) in [5.74, 6) is 0.664. The Labute approximate surface area is 111 Å². The van der Waals surface area contributed by atoms with Crippen LogP contribution in [-0.2, 0) is 4.79 Å². The van der Waals surface area contributed by atoms with Crippen LogP contribution < -0.4 is 10.6 Å². The van der Waals surface area contributed by atoms with Crippen LogP contribution in [-0.4, -0.2) is 50.1 Å². The Morgan fingerprint density at radius 3 is 2.39 bits per heavy atom. The highest BCUT2D eigenvalue weighted by molar-refractivity contribution is 5.78. The third kappa shape index (κ3) is 5.36. The number of hydrogen-bond acceptors (Lipinski definition) is 3. The van der Waals surface area contributed by atoms with Gasteiger partial charge in [-0.2, -0.15) is 0 Å². The molecule has 1 aliphatic carbocycles. The van der Waals surface area contributed by atoms with Gasteiger partial charge in [0.25, 0.3) is 0 Å². The lowest BCUT2D eigenvalue weighted by atomic mass is 10.0. The molecule has 1 rings (SSSR count). The van der Waals surface area contributed by atoms with Crippen LogP contribution in [0.15, 0.2) is 0 Å². The minimum absolute atomic E-state index is 0.120. The molecule has 1 fully saturated rings. The molecule has 4 nitrogen and oxygen atoms in total. The second-order valence-corrected chi connectivity index (χ2v) is 5.94. The van der Waals surface area contributed by atoms with E-state index in [1.807, 2.05) is 0 Å². The third-order valence-corrected chi connectivity index (χ3v) is 3.85. The van der Waals surface area contributed by atoms with Gasteiger partial charge in [-0.25, -0.2) is 0 Å². The highest BCUT2D eigenvalue weighted by Crippen LogP contribution is 2.17. The number of nitrogens with one attached hydrogen (secondary N) is 2. The summed E-state index contributed by atoms with van der Waals surface area (Å²) >= 11 is 0. The Balaban J connectivity index is 2.18. The zero-order chi connectivity index (χ0) is 13.5. The maximum absolute atomic E-state index is 11.8. The fraction of sp³-hybridized carbons (Fsp3) is 0.929. The molecular weight excluding hydrogens is 226 g/mol. The average Bonchev–Trinajstić information content (AvgIpc) is 2.78. The summed E-state index contributed by atoms with van der Waals surface area (Å²) in [4.78, 5) is 13.9. The quantitative estimate of drug-likeness (QED) is 0.719. The molecule has 1 aliphatic rings. The standard InChI is InChI=1S/C14H29N3O/c1-11(2)13(17(3)4)9-16-14(18)10-15-12-7-5-6-8-12/h11-13,15H,5-10H2,1-4H3,(H,16,18). The fourth-order valence-corrected chi connectivity index (χ4v) is 2.66. The van der Waals surface area contributed by atoms with Crippen molar-refractivity contribution >= 4 is 5.91 Å². The molecule has 4 heteroatoms. The van der Waals surface area contributed by atoms with E-state index in [4.69, 9.17) is 0 Å². The van der Waals surface area contributed by atoms with Crippen molar-refractivity contribution in [3.05, 3.63) is 0 Å². The summed E-state index contributed by atoms with van der Waals surface area (Å²) in [5, 5.41) is 6.36. The summed E-state index contributed by atoms with van der Waals surface area (Å²) in [6.45, 7) is 5.57. The number of amides is 1. The zero-order valence-electron chi connectivity index (χ0n) is 12.3. The van der Waals surface area contributed by atoms with E-state index in [1.54, 1.807) is 0 Å². The second kappa shape index (κ2) is 7.74. The number of hydrogen-bond donors (Lipinski definition) is 2. The van der Waals surface area contributed by atoms with Crippen LogP contribution in [0.3, 0.4) is 0 Å². The lowest BCUT2D eigenvalue weighted by Crippen LogP contribution is -2.46. The molecule has 1 saturated carbocycles. The van der Waals surface area contributed by atoms with Crippen molar-refractivity contribution in [2.75, 3.05) is 27.2 Å². The van der Waals surface area contributed by atoms with E-state index in [1.165, 1.54) is 25.7 Å². The summed E-state index contributed by atoms with van der Waals surface area (Å²) in [6, 6.07) is 0.964. The first-order chi connectivity index (χ1) is 8.50. The maximum atomic E-state index is 11.8. The maximum Gasteiger partial charge on any atom is 0.234 e. The molecule has 0 radical (unpaired) electrons. The van der Waals surface area contributed by atoms with Gasteiger partial charge in [0.05, 0.1) is 6.54 Å². The van der Waals surface area contributed by atoms with Gasteiger partial charge in [-0.3, -0.25) is 4.79 Å². The number of carbonyl (C=O) groups is 1. The van der Waals surface area contributed by atoms with E-state index in [0.717, 1.165) is 6.54 Å². The molecule has 0 heterocycles. The normalized spacial score (nSPS) is 18.6. The molecule has 1 unspecified atom stereocenters. The molecule has 0 aliphatic heterocycles. The Morgan fingerprint density at radius 1 is 1.28 bits per heavy atom. The van der Waals surface area contributed by atoms with Crippen LogP contribution >= 0.6 is 0 Å². The minimum atomic E-state index is 0.120. The second-order valence-electron chi connectivity index (χ2n) is 5.94. The van der Waals surface area contributed by atoms with Gasteiger partial charge in [0.2, 0.25) is 5.91 Å². The van der Waals surface area contributed by atoms with Crippen molar-refractivity contribution in [3.8, 4) is 0 Å². The van der Waals surface area contributed by atoms with Gasteiger partial charge >= 0.3 is 0 Å². The number of likely N-dealkylation sites (N-methyl/N-ethyl adjacent to an activating group) is 1. The zero-order valence-corrected chi connectivity index (χ0v) is 12.3. The van der Waals surface area contributed by atoms with E-state index in [9.17, 15) is 4.79 Å². The highest BCUT2D eigenvalue weighted by Gasteiger charge is 2.18. The number of rotatable bonds is 7. The summed E-state index contributed by atoms with van der Waals surface area (Å²) < 4.78 is 0. The van der Waals surface area contributed by atoms with E-state index in [-0.39, 0.29) is 5.91 Å². The molecule has 0 aromatic heterocycles. The van der Waals surface area contributed by atoms with Gasteiger partial charge in [0.15, 0.2) is 0 Å². The van der Waals surface area contributed by atoms with Gasteiger partial charge in [-0.15, -0.1) is 0 Å². The lowest BCUT2D eigenvalue weighted by molar-refractivity contribution is -0.120. The van der Waals surface area contributed by atoms with Gasteiger partial charge < -0.3 is 15.5 Å². The molecule has 0 bridgehead atoms. The van der Waals surface area contributed by atoms with Crippen molar-refractivity contribution in [1.29, 1.82) is 0 Å². The molecule has 18 heavy (non-hydrogen) atoms. The first-order valence-corrected chi connectivity index (χ1v) is 7.17. The van der Waals surface area contributed by atoms with E-state index < -0.39 is 0 Å². The minimum Gasteiger partial charge on any atom is -0.353 e. The largest absolute Gasteiger partial charge is 0.353 e. The Hall–Kier alpha value is -0.610. The topological polar surface area (TPSA) is 44.4 Å².